The predicted octanol–water partition coefficient (Wildman–Crippen LogP) is 0.702. The normalized spacial score (nSPS) is 23.6. The van der Waals surface area contributed by atoms with Crippen LogP contribution in [0, 0.1) is 5.92 Å². The Bertz CT molecular complexity index is 386. The molecule has 2 rings (SSSR count). The second kappa shape index (κ2) is 7.50. The third-order valence-electron chi connectivity index (χ3n) is 3.52. The van der Waals surface area contributed by atoms with Gasteiger partial charge in [-0.2, -0.15) is 0 Å². The van der Waals surface area contributed by atoms with Crippen molar-refractivity contribution in [2.75, 3.05) is 0 Å². The first-order chi connectivity index (χ1) is 8.45. The molecule has 0 saturated heterocycles. The minimum Gasteiger partial charge on any atom is -0.490 e. The first kappa shape index (κ1) is 17.6. The van der Waals surface area contributed by atoms with E-state index in [9.17, 15) is 12.9 Å². The van der Waals surface area contributed by atoms with Crippen molar-refractivity contribution in [3.05, 3.63) is 24.3 Å². The summed E-state index contributed by atoms with van der Waals surface area (Å²) in [5, 5.41) is 0. The van der Waals surface area contributed by atoms with Crippen LogP contribution in [0.5, 0.6) is 5.75 Å². The average molecular weight is 296 g/mol. The van der Waals surface area contributed by atoms with Gasteiger partial charge >= 0.3 is 58.4 Å². The smallest absolute Gasteiger partial charge is 0.490 e. The molecule has 6 heteroatoms. The molecule has 1 aliphatic carbocycles. The van der Waals surface area contributed by atoms with E-state index in [4.69, 9.17) is 4.74 Å². The number of hydrogen-bond acceptors (Lipinski definition) is 1. The van der Waals surface area contributed by atoms with E-state index in [0.717, 1.165) is 43.7 Å². The predicted molar refractivity (Wildman–Crippen MR) is 67.2 cm³/mol. The molecule has 0 unspecified atom stereocenters. The molecule has 0 spiro atoms. The van der Waals surface area contributed by atoms with Gasteiger partial charge in [-0.3, -0.25) is 0 Å². The number of rotatable bonds is 3. The Morgan fingerprint density at radius 3 is 2.00 bits per heavy atom. The molecule has 19 heavy (non-hydrogen) atoms. The molecule has 1 saturated carbocycles. The van der Waals surface area contributed by atoms with Crippen molar-refractivity contribution in [3.63, 3.8) is 0 Å². The molecule has 1 aromatic rings. The minimum atomic E-state index is -4.91. The van der Waals surface area contributed by atoms with E-state index in [-0.39, 0.29) is 57.5 Å². The zero-order valence-electron chi connectivity index (χ0n) is 11.4. The summed E-state index contributed by atoms with van der Waals surface area (Å²) in [6, 6.07) is 5.03. The van der Waals surface area contributed by atoms with Gasteiger partial charge in [0.1, 0.15) is 5.75 Å². The molecule has 0 radical (unpaired) electrons. The van der Waals surface area contributed by atoms with Crippen molar-refractivity contribution in [2.45, 2.75) is 38.7 Å². The molecule has 0 aliphatic heterocycles. The van der Waals surface area contributed by atoms with E-state index in [2.05, 4.69) is 6.92 Å². The Morgan fingerprint density at radius 2 is 1.53 bits per heavy atom. The molecule has 0 heterocycles. The van der Waals surface area contributed by atoms with Crippen molar-refractivity contribution in [1.82, 2.24) is 0 Å². The Balaban J connectivity index is 0.00000180. The summed E-state index contributed by atoms with van der Waals surface area (Å²) in [6.07, 6.45) is 4.41. The van der Waals surface area contributed by atoms with Crippen LogP contribution in [-0.4, -0.2) is 13.1 Å². The van der Waals surface area contributed by atoms with Gasteiger partial charge < -0.3 is 17.7 Å². The van der Waals surface area contributed by atoms with E-state index < -0.39 is 12.4 Å². The number of ether oxygens (including phenoxy) is 1. The maximum atomic E-state index is 12.4. The molecule has 0 atom stereocenters. The van der Waals surface area contributed by atoms with Gasteiger partial charge in [-0.1, -0.05) is 19.1 Å². The third kappa shape index (κ3) is 5.42. The van der Waals surface area contributed by atoms with Crippen LogP contribution in [0.25, 0.3) is 0 Å². The Kier molecular flexibility index (Phi) is 6.93. The summed E-state index contributed by atoms with van der Waals surface area (Å²) in [4.78, 5) is 0. The molecule has 1 nitrogen and oxygen atoms in total. The van der Waals surface area contributed by atoms with Gasteiger partial charge in [-0.05, 0) is 43.7 Å². The van der Waals surface area contributed by atoms with Gasteiger partial charge in [0, 0.05) is 0 Å². The Hall–Kier alpha value is 0.511. The molecule has 1 aromatic carbocycles. The maximum Gasteiger partial charge on any atom is 1.00 e. The van der Waals surface area contributed by atoms with Crippen LogP contribution in [0.2, 0.25) is 0 Å². The van der Waals surface area contributed by atoms with Crippen LogP contribution < -0.4 is 61.6 Å². The zero-order chi connectivity index (χ0) is 13.2. The van der Waals surface area contributed by atoms with E-state index in [1.54, 1.807) is 0 Å². The van der Waals surface area contributed by atoms with E-state index in [1.807, 2.05) is 0 Å². The average Bonchev–Trinajstić information content (AvgIpc) is 2.32. The van der Waals surface area contributed by atoms with Crippen molar-refractivity contribution in [2.24, 2.45) is 5.92 Å². The molecular weight excluding hydrogens is 279 g/mol. The number of benzene rings is 1. The third-order valence-corrected chi connectivity index (χ3v) is 3.52. The Morgan fingerprint density at radius 1 is 1.00 bits per heavy atom. The zero-order valence-corrected chi connectivity index (χ0v) is 14.5. The van der Waals surface area contributed by atoms with Gasteiger partial charge in [-0.25, -0.2) is 0 Å². The standard InChI is InChI=1S/C13H17BF3O.K/c1-10-2-6-12(7-3-10)18-13-8-4-11(5-9-13)14(15,16)17;/h4-5,8-10,12H,2-3,6-7H2,1H3;/q-1;+1. The first-order valence-corrected chi connectivity index (χ1v) is 6.41. The molecule has 0 N–H and O–H groups in total. The van der Waals surface area contributed by atoms with Gasteiger partial charge in [0.2, 0.25) is 0 Å². The molecule has 1 aliphatic rings. The Labute approximate surface area is 154 Å². The van der Waals surface area contributed by atoms with Crippen molar-refractivity contribution < 1.29 is 69.1 Å². The number of halogens is 3. The summed E-state index contributed by atoms with van der Waals surface area (Å²) < 4.78 is 43.0. The fourth-order valence-corrected chi connectivity index (χ4v) is 2.30. The van der Waals surface area contributed by atoms with Crippen LogP contribution in [0.4, 0.5) is 12.9 Å². The van der Waals surface area contributed by atoms with Gasteiger partial charge in [0.15, 0.2) is 0 Å². The van der Waals surface area contributed by atoms with Crippen LogP contribution in [0.15, 0.2) is 24.3 Å². The fourth-order valence-electron chi connectivity index (χ4n) is 2.30. The topological polar surface area (TPSA) is 9.23 Å². The second-order valence-electron chi connectivity index (χ2n) is 5.14. The van der Waals surface area contributed by atoms with Gasteiger partial charge in [0.25, 0.3) is 0 Å². The number of hydrogen-bond donors (Lipinski definition) is 0. The van der Waals surface area contributed by atoms with Crippen molar-refractivity contribution >= 4 is 12.4 Å². The largest absolute Gasteiger partial charge is 1.00 e. The van der Waals surface area contributed by atoms with E-state index >= 15 is 0 Å². The summed E-state index contributed by atoms with van der Waals surface area (Å²) in [5.41, 5.74) is -0.570. The van der Waals surface area contributed by atoms with Gasteiger partial charge in [-0.15, -0.1) is 5.46 Å². The summed E-state index contributed by atoms with van der Waals surface area (Å²) in [5.74, 6) is 1.28. The van der Waals surface area contributed by atoms with Crippen molar-refractivity contribution in [1.29, 1.82) is 0 Å². The van der Waals surface area contributed by atoms with E-state index in [1.165, 1.54) is 12.1 Å². The van der Waals surface area contributed by atoms with Crippen molar-refractivity contribution in [3.8, 4) is 5.75 Å². The molecule has 1 fully saturated rings. The molecule has 0 amide bonds. The van der Waals surface area contributed by atoms with Crippen LogP contribution in [0.1, 0.15) is 32.6 Å². The maximum absolute atomic E-state index is 12.4. The molecule has 0 aromatic heterocycles. The quantitative estimate of drug-likeness (QED) is 0.746. The summed E-state index contributed by atoms with van der Waals surface area (Å²) in [6.45, 7) is -2.69. The van der Waals surface area contributed by atoms with Crippen LogP contribution in [-0.2, 0) is 0 Å². The fraction of sp³-hybridized carbons (Fsp3) is 0.538. The van der Waals surface area contributed by atoms with Crippen LogP contribution in [0.3, 0.4) is 0 Å². The first-order valence-electron chi connectivity index (χ1n) is 6.41. The SMILES string of the molecule is CC1CCC(Oc2ccc([B-](F)(F)F)cc2)CC1.[K+]. The van der Waals surface area contributed by atoms with E-state index in [0.29, 0.717) is 5.75 Å². The van der Waals surface area contributed by atoms with Crippen LogP contribution >= 0.6 is 0 Å². The monoisotopic (exact) mass is 296 g/mol. The molecule has 100 valence electrons. The minimum absolute atomic E-state index is 0. The molecule has 0 bridgehead atoms. The van der Waals surface area contributed by atoms with Gasteiger partial charge in [0.05, 0.1) is 6.10 Å². The second-order valence-corrected chi connectivity index (χ2v) is 5.14. The summed E-state index contributed by atoms with van der Waals surface area (Å²) >= 11 is 0. The summed E-state index contributed by atoms with van der Waals surface area (Å²) in [7, 11) is 0. The molecular formula is C13H17BF3KO.